The SMILES string of the molecule is CCCCCOC(C)CCO. The van der Waals surface area contributed by atoms with Crippen molar-refractivity contribution in [1.29, 1.82) is 0 Å². The second-order valence-corrected chi connectivity index (χ2v) is 2.90. The molecule has 0 saturated heterocycles. The van der Waals surface area contributed by atoms with Crippen LogP contribution in [-0.2, 0) is 4.74 Å². The standard InChI is InChI=1S/C9H20O2/c1-3-4-5-8-11-9(2)6-7-10/h9-10H,3-8H2,1-2H3. The average molecular weight is 160 g/mol. The summed E-state index contributed by atoms with van der Waals surface area (Å²) in [4.78, 5) is 0. The minimum Gasteiger partial charge on any atom is -0.396 e. The topological polar surface area (TPSA) is 29.5 Å². The van der Waals surface area contributed by atoms with Gasteiger partial charge in [0.1, 0.15) is 0 Å². The van der Waals surface area contributed by atoms with Crippen LogP contribution in [0, 0.1) is 0 Å². The van der Waals surface area contributed by atoms with Gasteiger partial charge in [-0.1, -0.05) is 19.8 Å². The number of aliphatic hydroxyl groups excluding tert-OH is 1. The molecule has 0 heterocycles. The second-order valence-electron chi connectivity index (χ2n) is 2.90. The van der Waals surface area contributed by atoms with Crippen LogP contribution in [0.3, 0.4) is 0 Å². The Balaban J connectivity index is 2.97. The molecule has 0 radical (unpaired) electrons. The van der Waals surface area contributed by atoms with Gasteiger partial charge in [0.05, 0.1) is 6.10 Å². The summed E-state index contributed by atoms with van der Waals surface area (Å²) >= 11 is 0. The Morgan fingerprint density at radius 2 is 2.09 bits per heavy atom. The Bertz CT molecular complexity index is 74.0. The maximum absolute atomic E-state index is 8.56. The van der Waals surface area contributed by atoms with Crippen LogP contribution in [-0.4, -0.2) is 24.4 Å². The molecule has 0 aliphatic carbocycles. The molecule has 0 rings (SSSR count). The highest BCUT2D eigenvalue weighted by atomic mass is 16.5. The molecule has 2 heteroatoms. The summed E-state index contributed by atoms with van der Waals surface area (Å²) in [5.74, 6) is 0. The summed E-state index contributed by atoms with van der Waals surface area (Å²) < 4.78 is 5.42. The van der Waals surface area contributed by atoms with Crippen LogP contribution in [0.4, 0.5) is 0 Å². The van der Waals surface area contributed by atoms with Gasteiger partial charge < -0.3 is 9.84 Å². The predicted molar refractivity (Wildman–Crippen MR) is 46.6 cm³/mol. The van der Waals surface area contributed by atoms with Crippen molar-refractivity contribution in [3.05, 3.63) is 0 Å². The van der Waals surface area contributed by atoms with Crippen molar-refractivity contribution in [3.8, 4) is 0 Å². The molecule has 0 spiro atoms. The Morgan fingerprint density at radius 3 is 2.64 bits per heavy atom. The van der Waals surface area contributed by atoms with Crippen LogP contribution >= 0.6 is 0 Å². The number of hydrogen-bond donors (Lipinski definition) is 1. The zero-order chi connectivity index (χ0) is 8.53. The van der Waals surface area contributed by atoms with E-state index in [9.17, 15) is 0 Å². The first-order valence-corrected chi connectivity index (χ1v) is 4.53. The summed E-state index contributed by atoms with van der Waals surface area (Å²) in [5.41, 5.74) is 0. The fourth-order valence-corrected chi connectivity index (χ4v) is 0.902. The van der Waals surface area contributed by atoms with Gasteiger partial charge in [0.25, 0.3) is 0 Å². The van der Waals surface area contributed by atoms with Crippen molar-refractivity contribution in [1.82, 2.24) is 0 Å². The third kappa shape index (κ3) is 7.82. The number of ether oxygens (including phenoxy) is 1. The number of hydrogen-bond acceptors (Lipinski definition) is 2. The van der Waals surface area contributed by atoms with Crippen molar-refractivity contribution >= 4 is 0 Å². The lowest BCUT2D eigenvalue weighted by Gasteiger charge is -2.10. The second kappa shape index (κ2) is 8.02. The lowest BCUT2D eigenvalue weighted by atomic mass is 10.2. The van der Waals surface area contributed by atoms with Gasteiger partial charge in [0.2, 0.25) is 0 Å². The van der Waals surface area contributed by atoms with E-state index in [1.54, 1.807) is 0 Å². The maximum atomic E-state index is 8.56. The fourth-order valence-electron chi connectivity index (χ4n) is 0.902. The lowest BCUT2D eigenvalue weighted by molar-refractivity contribution is 0.0458. The molecule has 68 valence electrons. The molecule has 0 amide bonds. The first kappa shape index (κ1) is 10.9. The van der Waals surface area contributed by atoms with Crippen molar-refractivity contribution < 1.29 is 9.84 Å². The fraction of sp³-hybridized carbons (Fsp3) is 1.00. The molecular weight excluding hydrogens is 140 g/mol. The molecule has 11 heavy (non-hydrogen) atoms. The van der Waals surface area contributed by atoms with E-state index in [0.717, 1.165) is 19.4 Å². The van der Waals surface area contributed by atoms with Gasteiger partial charge in [-0.3, -0.25) is 0 Å². The van der Waals surface area contributed by atoms with E-state index in [2.05, 4.69) is 6.92 Å². The molecule has 0 bridgehead atoms. The van der Waals surface area contributed by atoms with Crippen LogP contribution in [0.15, 0.2) is 0 Å². The highest BCUT2D eigenvalue weighted by Gasteiger charge is 1.98. The summed E-state index contributed by atoms with van der Waals surface area (Å²) in [6.07, 6.45) is 4.60. The number of rotatable bonds is 7. The van der Waals surface area contributed by atoms with Crippen molar-refractivity contribution in [2.75, 3.05) is 13.2 Å². The van der Waals surface area contributed by atoms with Crippen molar-refractivity contribution in [3.63, 3.8) is 0 Å². The molecule has 0 fully saturated rings. The third-order valence-electron chi connectivity index (χ3n) is 1.69. The molecule has 2 nitrogen and oxygen atoms in total. The maximum Gasteiger partial charge on any atom is 0.0568 e. The first-order chi connectivity index (χ1) is 5.31. The Kier molecular flexibility index (Phi) is 7.96. The average Bonchev–Trinajstić information content (AvgIpc) is 1.99. The van der Waals surface area contributed by atoms with E-state index < -0.39 is 0 Å². The van der Waals surface area contributed by atoms with Gasteiger partial charge in [-0.15, -0.1) is 0 Å². The van der Waals surface area contributed by atoms with Gasteiger partial charge >= 0.3 is 0 Å². The van der Waals surface area contributed by atoms with Gasteiger partial charge in [-0.05, 0) is 19.8 Å². The zero-order valence-electron chi connectivity index (χ0n) is 7.68. The number of unbranched alkanes of at least 4 members (excludes halogenated alkanes) is 2. The monoisotopic (exact) mass is 160 g/mol. The molecule has 0 aromatic rings. The van der Waals surface area contributed by atoms with Crippen LogP contribution in [0.25, 0.3) is 0 Å². The lowest BCUT2D eigenvalue weighted by Crippen LogP contribution is -2.10. The minimum atomic E-state index is 0.219. The first-order valence-electron chi connectivity index (χ1n) is 4.53. The van der Waals surface area contributed by atoms with Gasteiger partial charge in [-0.25, -0.2) is 0 Å². The largest absolute Gasteiger partial charge is 0.396 e. The summed E-state index contributed by atoms with van der Waals surface area (Å²) in [6.45, 7) is 5.25. The quantitative estimate of drug-likeness (QED) is 0.577. The third-order valence-corrected chi connectivity index (χ3v) is 1.69. The van der Waals surface area contributed by atoms with Crippen LogP contribution in [0.2, 0.25) is 0 Å². The molecular formula is C9H20O2. The predicted octanol–water partition coefficient (Wildman–Crippen LogP) is 1.96. The molecule has 0 aromatic carbocycles. The summed E-state index contributed by atoms with van der Waals surface area (Å²) in [6, 6.07) is 0. The van der Waals surface area contributed by atoms with E-state index >= 15 is 0 Å². The van der Waals surface area contributed by atoms with E-state index in [-0.39, 0.29) is 12.7 Å². The summed E-state index contributed by atoms with van der Waals surface area (Å²) in [7, 11) is 0. The summed E-state index contributed by atoms with van der Waals surface area (Å²) in [5, 5.41) is 8.56. The molecule has 1 unspecified atom stereocenters. The van der Waals surface area contributed by atoms with Gasteiger partial charge in [0.15, 0.2) is 0 Å². The highest BCUT2D eigenvalue weighted by molar-refractivity contribution is 4.48. The normalized spacial score (nSPS) is 13.4. The zero-order valence-corrected chi connectivity index (χ0v) is 7.68. The van der Waals surface area contributed by atoms with Crippen LogP contribution in [0.5, 0.6) is 0 Å². The highest BCUT2D eigenvalue weighted by Crippen LogP contribution is 2.00. The van der Waals surface area contributed by atoms with Crippen molar-refractivity contribution in [2.24, 2.45) is 0 Å². The van der Waals surface area contributed by atoms with Gasteiger partial charge in [0, 0.05) is 13.2 Å². The molecule has 0 saturated carbocycles. The van der Waals surface area contributed by atoms with E-state index in [1.807, 2.05) is 6.92 Å². The van der Waals surface area contributed by atoms with E-state index in [1.165, 1.54) is 12.8 Å². The molecule has 0 aromatic heterocycles. The molecule has 1 atom stereocenters. The minimum absolute atomic E-state index is 0.219. The van der Waals surface area contributed by atoms with E-state index in [0.29, 0.717) is 0 Å². The molecule has 1 N–H and O–H groups in total. The Labute approximate surface area is 69.6 Å². The number of aliphatic hydroxyl groups is 1. The van der Waals surface area contributed by atoms with Gasteiger partial charge in [-0.2, -0.15) is 0 Å². The van der Waals surface area contributed by atoms with Crippen molar-refractivity contribution in [2.45, 2.75) is 45.6 Å². The van der Waals surface area contributed by atoms with Crippen LogP contribution in [0.1, 0.15) is 39.5 Å². The Hall–Kier alpha value is -0.0800. The molecule has 0 aliphatic heterocycles. The Morgan fingerprint density at radius 1 is 1.36 bits per heavy atom. The molecule has 0 aliphatic rings. The van der Waals surface area contributed by atoms with Crippen LogP contribution < -0.4 is 0 Å². The van der Waals surface area contributed by atoms with E-state index in [4.69, 9.17) is 9.84 Å². The smallest absolute Gasteiger partial charge is 0.0568 e.